The van der Waals surface area contributed by atoms with Gasteiger partial charge in [-0.2, -0.15) is 9.38 Å². The number of nitro groups is 1. The van der Waals surface area contributed by atoms with Gasteiger partial charge in [0.25, 0.3) is 4.96 Å². The summed E-state index contributed by atoms with van der Waals surface area (Å²) in [5.41, 5.74) is 0. The molecule has 2 rings (SSSR count). The van der Waals surface area contributed by atoms with Crippen LogP contribution >= 0.6 is 23.1 Å². The molecule has 0 aliphatic rings. The third-order valence-electron chi connectivity index (χ3n) is 1.95. The average Bonchev–Trinajstić information content (AvgIpc) is 2.76. The van der Waals surface area contributed by atoms with Crippen molar-refractivity contribution < 1.29 is 10.0 Å². The number of imidazole rings is 1. The Bertz CT molecular complexity index is 522. The largest absolute Gasteiger partial charge is 0.395 e. The van der Waals surface area contributed by atoms with E-state index in [1.54, 1.807) is 18.5 Å². The van der Waals surface area contributed by atoms with Gasteiger partial charge in [0.05, 0.1) is 6.61 Å². The molecule has 0 amide bonds. The van der Waals surface area contributed by atoms with Gasteiger partial charge in [0.2, 0.25) is 0 Å². The molecule has 2 aromatic heterocycles. The molecule has 1 atom stereocenters. The van der Waals surface area contributed by atoms with E-state index in [4.69, 9.17) is 5.11 Å². The number of thiazole rings is 1. The van der Waals surface area contributed by atoms with Crippen LogP contribution in [0.4, 0.5) is 5.82 Å². The quantitative estimate of drug-likeness (QED) is 0.514. The van der Waals surface area contributed by atoms with E-state index in [0.717, 1.165) is 0 Å². The predicted octanol–water partition coefficient (Wildman–Crippen LogP) is 1.78. The first-order valence-electron chi connectivity index (χ1n) is 4.51. The second kappa shape index (κ2) is 4.40. The Hall–Kier alpha value is -1.12. The van der Waals surface area contributed by atoms with Crippen molar-refractivity contribution in [3.63, 3.8) is 0 Å². The van der Waals surface area contributed by atoms with Crippen molar-refractivity contribution in [2.75, 3.05) is 6.61 Å². The van der Waals surface area contributed by atoms with Crippen molar-refractivity contribution >= 4 is 33.9 Å². The van der Waals surface area contributed by atoms with Crippen LogP contribution in [0.1, 0.15) is 6.92 Å². The van der Waals surface area contributed by atoms with E-state index in [0.29, 0.717) is 9.99 Å². The third kappa shape index (κ3) is 1.91. The van der Waals surface area contributed by atoms with E-state index in [1.165, 1.54) is 27.5 Å². The Morgan fingerprint density at radius 3 is 3.19 bits per heavy atom. The van der Waals surface area contributed by atoms with Crippen molar-refractivity contribution in [2.24, 2.45) is 0 Å². The van der Waals surface area contributed by atoms with Gasteiger partial charge in [-0.05, 0) is 4.92 Å². The van der Waals surface area contributed by atoms with E-state index < -0.39 is 4.92 Å². The zero-order valence-electron chi connectivity index (χ0n) is 8.36. The van der Waals surface area contributed by atoms with E-state index >= 15 is 0 Å². The second-order valence-electron chi connectivity index (χ2n) is 3.16. The summed E-state index contributed by atoms with van der Waals surface area (Å²) >= 11 is 2.56. The summed E-state index contributed by atoms with van der Waals surface area (Å²) in [6, 6.07) is 0. The molecule has 0 fully saturated rings. The highest BCUT2D eigenvalue weighted by atomic mass is 32.2. The molecule has 0 radical (unpaired) electrons. The van der Waals surface area contributed by atoms with Crippen LogP contribution < -0.4 is 0 Å². The van der Waals surface area contributed by atoms with E-state index in [1.807, 2.05) is 0 Å². The maximum atomic E-state index is 10.9. The minimum Gasteiger partial charge on any atom is -0.395 e. The monoisotopic (exact) mass is 259 g/mol. The standard InChI is InChI=1S/C8H9N3O3S2/c1-5(4-12)16-6-7(11(13)14)10-2-3-15-8(10)9-6/h2-3,5,12H,4H2,1H3. The molecule has 0 saturated heterocycles. The van der Waals surface area contributed by atoms with Crippen molar-refractivity contribution in [3.8, 4) is 0 Å². The van der Waals surface area contributed by atoms with Gasteiger partial charge in [-0.25, -0.2) is 0 Å². The average molecular weight is 259 g/mol. The number of nitrogens with zero attached hydrogens (tertiary/aromatic N) is 3. The van der Waals surface area contributed by atoms with Gasteiger partial charge < -0.3 is 15.2 Å². The van der Waals surface area contributed by atoms with E-state index in [9.17, 15) is 10.1 Å². The number of rotatable bonds is 4. The highest BCUT2D eigenvalue weighted by Gasteiger charge is 2.25. The lowest BCUT2D eigenvalue weighted by Gasteiger charge is -2.03. The van der Waals surface area contributed by atoms with E-state index in [2.05, 4.69) is 4.98 Å². The molecule has 0 spiro atoms. The number of aliphatic hydroxyl groups excluding tert-OH is 1. The van der Waals surface area contributed by atoms with Crippen LogP contribution in [-0.2, 0) is 0 Å². The maximum absolute atomic E-state index is 10.9. The van der Waals surface area contributed by atoms with Gasteiger partial charge in [0, 0.05) is 10.6 Å². The zero-order valence-corrected chi connectivity index (χ0v) is 9.99. The molecule has 0 aromatic carbocycles. The van der Waals surface area contributed by atoms with Gasteiger partial charge in [0.15, 0.2) is 5.03 Å². The fraction of sp³-hybridized carbons (Fsp3) is 0.375. The smallest absolute Gasteiger partial charge is 0.362 e. The first kappa shape index (κ1) is 11.4. The normalized spacial score (nSPS) is 13.1. The molecule has 0 saturated carbocycles. The molecule has 0 aliphatic heterocycles. The molecule has 1 N–H and O–H groups in total. The van der Waals surface area contributed by atoms with Crippen molar-refractivity contribution in [1.29, 1.82) is 0 Å². The number of thioether (sulfide) groups is 1. The van der Waals surface area contributed by atoms with Crippen LogP contribution in [0.5, 0.6) is 0 Å². The van der Waals surface area contributed by atoms with Crippen LogP contribution in [0, 0.1) is 10.1 Å². The van der Waals surface area contributed by atoms with Crippen molar-refractivity contribution in [2.45, 2.75) is 17.2 Å². The fourth-order valence-corrected chi connectivity index (χ4v) is 2.87. The summed E-state index contributed by atoms with van der Waals surface area (Å²) in [7, 11) is 0. The molecular weight excluding hydrogens is 250 g/mol. The minimum absolute atomic E-state index is 0.0263. The summed E-state index contributed by atoms with van der Waals surface area (Å²) in [6.07, 6.45) is 1.62. The van der Waals surface area contributed by atoms with Crippen LogP contribution in [0.15, 0.2) is 16.6 Å². The number of hydrogen-bond acceptors (Lipinski definition) is 6. The summed E-state index contributed by atoms with van der Waals surface area (Å²) in [5, 5.41) is 21.9. The molecule has 1 unspecified atom stereocenters. The Morgan fingerprint density at radius 2 is 2.56 bits per heavy atom. The van der Waals surface area contributed by atoms with Gasteiger partial charge in [-0.15, -0.1) is 0 Å². The van der Waals surface area contributed by atoms with Gasteiger partial charge in [-0.3, -0.25) is 0 Å². The highest BCUT2D eigenvalue weighted by molar-refractivity contribution is 8.00. The Morgan fingerprint density at radius 1 is 1.81 bits per heavy atom. The molecule has 2 aromatic rings. The molecular formula is C8H9N3O3S2. The van der Waals surface area contributed by atoms with Crippen LogP contribution in [0.3, 0.4) is 0 Å². The molecule has 16 heavy (non-hydrogen) atoms. The summed E-state index contributed by atoms with van der Waals surface area (Å²) in [4.78, 5) is 15.3. The first-order valence-corrected chi connectivity index (χ1v) is 6.27. The summed E-state index contributed by atoms with van der Waals surface area (Å²) in [6.45, 7) is 1.76. The number of hydrogen-bond donors (Lipinski definition) is 1. The van der Waals surface area contributed by atoms with Crippen LogP contribution in [-0.4, -0.2) is 31.3 Å². The molecule has 0 bridgehead atoms. The number of aromatic nitrogens is 2. The molecule has 8 heteroatoms. The highest BCUT2D eigenvalue weighted by Crippen LogP contribution is 2.33. The minimum atomic E-state index is -0.445. The van der Waals surface area contributed by atoms with Crippen LogP contribution in [0.2, 0.25) is 0 Å². The maximum Gasteiger partial charge on any atom is 0.362 e. The number of fused-ring (bicyclic) bond motifs is 1. The van der Waals surface area contributed by atoms with Gasteiger partial charge in [0.1, 0.15) is 6.20 Å². The fourth-order valence-electron chi connectivity index (χ4n) is 1.23. The van der Waals surface area contributed by atoms with Crippen molar-refractivity contribution in [3.05, 3.63) is 21.7 Å². The third-order valence-corrected chi connectivity index (χ3v) is 3.75. The second-order valence-corrected chi connectivity index (χ2v) is 5.46. The van der Waals surface area contributed by atoms with E-state index in [-0.39, 0.29) is 17.7 Å². The summed E-state index contributed by atoms with van der Waals surface area (Å²) in [5.74, 6) is -0.0263. The zero-order chi connectivity index (χ0) is 11.7. The van der Waals surface area contributed by atoms with Gasteiger partial charge >= 0.3 is 5.82 Å². The molecule has 0 aliphatic carbocycles. The summed E-state index contributed by atoms with van der Waals surface area (Å²) < 4.78 is 1.46. The Kier molecular flexibility index (Phi) is 3.13. The Balaban J connectivity index is 2.47. The van der Waals surface area contributed by atoms with Crippen molar-refractivity contribution in [1.82, 2.24) is 9.38 Å². The lowest BCUT2D eigenvalue weighted by Crippen LogP contribution is -2.03. The predicted molar refractivity (Wildman–Crippen MR) is 62.1 cm³/mol. The van der Waals surface area contributed by atoms with Gasteiger partial charge in [-0.1, -0.05) is 30.0 Å². The lowest BCUT2D eigenvalue weighted by atomic mass is 10.5. The number of aliphatic hydroxyl groups is 1. The van der Waals surface area contributed by atoms with Crippen LogP contribution in [0.25, 0.3) is 4.96 Å². The molecule has 86 valence electrons. The lowest BCUT2D eigenvalue weighted by molar-refractivity contribution is -0.393. The SMILES string of the molecule is CC(CO)Sc1nc2sccn2c1[N+](=O)[O-]. The molecule has 2 heterocycles. The topological polar surface area (TPSA) is 80.7 Å². The molecule has 6 nitrogen and oxygen atoms in total. The Labute approximate surface area is 99.1 Å². The first-order chi connectivity index (χ1) is 7.63.